The van der Waals surface area contributed by atoms with E-state index < -0.39 is 10.2 Å². The molecule has 1 fully saturated rings. The van der Waals surface area contributed by atoms with Crippen LogP contribution in [0.5, 0.6) is 0 Å². The highest BCUT2D eigenvalue weighted by Gasteiger charge is 2.32. The largest absolute Gasteiger partial charge is 0.349 e. The summed E-state index contributed by atoms with van der Waals surface area (Å²) < 4.78 is 27.0. The molecule has 26 heavy (non-hydrogen) atoms. The van der Waals surface area contributed by atoms with Gasteiger partial charge in [-0.1, -0.05) is 25.1 Å². The summed E-state index contributed by atoms with van der Waals surface area (Å²) in [5.41, 5.74) is 3.58. The smallest absolute Gasteiger partial charge is 0.281 e. The second kappa shape index (κ2) is 8.50. The summed E-state index contributed by atoms with van der Waals surface area (Å²) in [4.78, 5) is 12.7. The van der Waals surface area contributed by atoms with Gasteiger partial charge in [0.25, 0.3) is 10.2 Å². The minimum atomic E-state index is -3.39. The van der Waals surface area contributed by atoms with E-state index in [-0.39, 0.29) is 17.9 Å². The molecule has 1 N–H and O–H groups in total. The van der Waals surface area contributed by atoms with Crippen molar-refractivity contribution >= 4 is 16.1 Å². The van der Waals surface area contributed by atoms with Crippen LogP contribution < -0.4 is 5.32 Å². The van der Waals surface area contributed by atoms with Crippen molar-refractivity contribution < 1.29 is 13.2 Å². The second-order valence-electron chi connectivity index (χ2n) is 7.28. The van der Waals surface area contributed by atoms with Gasteiger partial charge in [0, 0.05) is 33.1 Å². The molecule has 1 heterocycles. The zero-order valence-electron chi connectivity index (χ0n) is 16.4. The molecule has 0 aromatic heterocycles. The number of rotatable bonds is 6. The van der Waals surface area contributed by atoms with Crippen LogP contribution in [0.1, 0.15) is 48.9 Å². The number of amides is 1. The lowest BCUT2D eigenvalue weighted by molar-refractivity contribution is -0.126. The lowest BCUT2D eigenvalue weighted by Gasteiger charge is -2.32. The fourth-order valence-electron chi connectivity index (χ4n) is 3.27. The third kappa shape index (κ3) is 4.64. The average Bonchev–Trinajstić information content (AvgIpc) is 2.61. The molecule has 1 unspecified atom stereocenters. The maximum Gasteiger partial charge on any atom is 0.281 e. The molecule has 0 bridgehead atoms. The molecule has 2 rings (SSSR count). The Morgan fingerprint density at radius 1 is 1.23 bits per heavy atom. The first-order chi connectivity index (χ1) is 12.2. The van der Waals surface area contributed by atoms with E-state index in [1.54, 1.807) is 0 Å². The van der Waals surface area contributed by atoms with Crippen molar-refractivity contribution in [3.8, 4) is 0 Å². The van der Waals surface area contributed by atoms with Crippen LogP contribution in [0.15, 0.2) is 18.2 Å². The van der Waals surface area contributed by atoms with Gasteiger partial charge in [0.15, 0.2) is 0 Å². The molecule has 0 spiro atoms. The minimum absolute atomic E-state index is 0.00895. The highest BCUT2D eigenvalue weighted by atomic mass is 32.2. The highest BCUT2D eigenvalue weighted by molar-refractivity contribution is 7.86. The Balaban J connectivity index is 1.98. The number of carbonyl (C=O) groups is 1. The Labute approximate surface area is 157 Å². The molecular weight excluding hydrogens is 350 g/mol. The Bertz CT molecular complexity index is 738. The van der Waals surface area contributed by atoms with Crippen LogP contribution in [0.25, 0.3) is 0 Å². The van der Waals surface area contributed by atoms with Crippen LogP contribution in [0, 0.1) is 19.8 Å². The molecular formula is C19H31N3O3S. The zero-order chi connectivity index (χ0) is 19.5. The van der Waals surface area contributed by atoms with Gasteiger partial charge < -0.3 is 5.32 Å². The minimum Gasteiger partial charge on any atom is -0.349 e. The van der Waals surface area contributed by atoms with E-state index in [1.807, 2.05) is 0 Å². The topological polar surface area (TPSA) is 69.7 Å². The van der Waals surface area contributed by atoms with Crippen molar-refractivity contribution in [3.05, 3.63) is 34.9 Å². The molecule has 0 aliphatic carbocycles. The van der Waals surface area contributed by atoms with Gasteiger partial charge in [-0.3, -0.25) is 4.79 Å². The number of hydrogen-bond donors (Lipinski definition) is 1. The van der Waals surface area contributed by atoms with Crippen LogP contribution in [0.4, 0.5) is 0 Å². The van der Waals surface area contributed by atoms with E-state index >= 15 is 0 Å². The van der Waals surface area contributed by atoms with Gasteiger partial charge in [0.2, 0.25) is 5.91 Å². The van der Waals surface area contributed by atoms with Gasteiger partial charge in [-0.2, -0.15) is 17.0 Å². The fraction of sp³-hybridized carbons (Fsp3) is 0.632. The van der Waals surface area contributed by atoms with Crippen LogP contribution >= 0.6 is 0 Å². The highest BCUT2D eigenvalue weighted by Crippen LogP contribution is 2.24. The normalized spacial score (nSPS) is 18.1. The molecule has 0 saturated carbocycles. The predicted molar refractivity (Wildman–Crippen MR) is 104 cm³/mol. The summed E-state index contributed by atoms with van der Waals surface area (Å²) in [5.74, 6) is -0.110. The number of aryl methyl sites for hydroxylation is 2. The quantitative estimate of drug-likeness (QED) is 0.823. The number of hydrogen-bond acceptors (Lipinski definition) is 3. The van der Waals surface area contributed by atoms with Crippen LogP contribution in [0.3, 0.4) is 0 Å². The van der Waals surface area contributed by atoms with E-state index in [1.165, 1.54) is 33.8 Å². The third-order valence-electron chi connectivity index (χ3n) is 5.27. The zero-order valence-corrected chi connectivity index (χ0v) is 17.3. The van der Waals surface area contributed by atoms with E-state index in [0.29, 0.717) is 25.9 Å². The summed E-state index contributed by atoms with van der Waals surface area (Å²) in [7, 11) is -0.331. The molecule has 1 atom stereocenters. The van der Waals surface area contributed by atoms with Gasteiger partial charge in [0.1, 0.15) is 0 Å². The van der Waals surface area contributed by atoms with E-state index in [0.717, 1.165) is 12.0 Å². The molecule has 146 valence electrons. The maximum atomic E-state index is 12.7. The Morgan fingerprint density at radius 2 is 1.85 bits per heavy atom. The van der Waals surface area contributed by atoms with Crippen molar-refractivity contribution in [2.45, 2.75) is 46.1 Å². The summed E-state index contributed by atoms with van der Waals surface area (Å²) >= 11 is 0. The molecule has 7 heteroatoms. The number of nitrogens with zero attached hydrogens (tertiary/aromatic N) is 2. The van der Waals surface area contributed by atoms with Crippen LogP contribution in [-0.2, 0) is 15.0 Å². The number of piperidine rings is 1. The lowest BCUT2D eigenvalue weighted by atomic mass is 9.95. The Kier molecular flexibility index (Phi) is 6.82. The van der Waals surface area contributed by atoms with Gasteiger partial charge >= 0.3 is 0 Å². The van der Waals surface area contributed by atoms with Gasteiger partial charge in [0.05, 0.1) is 6.04 Å². The summed E-state index contributed by atoms with van der Waals surface area (Å²) in [5, 5.41) is 3.16. The Morgan fingerprint density at radius 3 is 2.35 bits per heavy atom. The first kappa shape index (κ1) is 20.9. The Hall–Kier alpha value is -1.44. The SMILES string of the molecule is CCC(NC(=O)C1CCN(S(=O)(=O)N(C)C)CC1)c1ccc(C)c(C)c1. The molecule has 1 aliphatic rings. The van der Waals surface area contributed by atoms with Crippen molar-refractivity contribution in [2.24, 2.45) is 5.92 Å². The average molecular weight is 382 g/mol. The first-order valence-electron chi connectivity index (χ1n) is 9.22. The molecule has 1 aromatic rings. The molecule has 1 aliphatic heterocycles. The van der Waals surface area contributed by atoms with Crippen molar-refractivity contribution in [2.75, 3.05) is 27.2 Å². The van der Waals surface area contributed by atoms with Gasteiger partial charge in [-0.05, 0) is 49.8 Å². The van der Waals surface area contributed by atoms with Gasteiger partial charge in [-0.15, -0.1) is 0 Å². The maximum absolute atomic E-state index is 12.7. The molecule has 6 nitrogen and oxygen atoms in total. The summed E-state index contributed by atoms with van der Waals surface area (Å²) in [6.45, 7) is 6.99. The van der Waals surface area contributed by atoms with Crippen LogP contribution in [-0.4, -0.2) is 50.1 Å². The fourth-order valence-corrected chi connectivity index (χ4v) is 4.41. The van der Waals surface area contributed by atoms with Crippen LogP contribution in [0.2, 0.25) is 0 Å². The predicted octanol–water partition coefficient (Wildman–Crippen LogP) is 2.39. The summed E-state index contributed by atoms with van der Waals surface area (Å²) in [6.07, 6.45) is 1.94. The first-order valence-corrected chi connectivity index (χ1v) is 10.6. The molecule has 0 radical (unpaired) electrons. The number of nitrogens with one attached hydrogen (secondary N) is 1. The molecule has 1 aromatic carbocycles. The second-order valence-corrected chi connectivity index (χ2v) is 9.42. The number of benzene rings is 1. The van der Waals surface area contributed by atoms with Crippen molar-refractivity contribution in [3.63, 3.8) is 0 Å². The van der Waals surface area contributed by atoms with E-state index in [2.05, 4.69) is 44.3 Å². The third-order valence-corrected chi connectivity index (χ3v) is 7.21. The molecule has 1 saturated heterocycles. The number of carbonyl (C=O) groups excluding carboxylic acids is 1. The monoisotopic (exact) mass is 381 g/mol. The van der Waals surface area contributed by atoms with E-state index in [9.17, 15) is 13.2 Å². The molecule has 1 amide bonds. The van der Waals surface area contributed by atoms with Gasteiger partial charge in [-0.25, -0.2) is 0 Å². The summed E-state index contributed by atoms with van der Waals surface area (Å²) in [6, 6.07) is 6.29. The standard InChI is InChI=1S/C19H31N3O3S/c1-6-18(17-8-7-14(2)15(3)13-17)20-19(23)16-9-11-22(12-10-16)26(24,25)21(4)5/h7-8,13,16,18H,6,9-12H2,1-5H3,(H,20,23). The van der Waals surface area contributed by atoms with E-state index in [4.69, 9.17) is 0 Å². The van der Waals surface area contributed by atoms with Crippen molar-refractivity contribution in [1.82, 2.24) is 13.9 Å². The lowest BCUT2D eigenvalue weighted by Crippen LogP contribution is -2.47. The van der Waals surface area contributed by atoms with Crippen molar-refractivity contribution in [1.29, 1.82) is 0 Å².